The molecule has 1 rings (SSSR count). The van der Waals surface area contributed by atoms with Crippen molar-refractivity contribution in [2.75, 3.05) is 6.54 Å². The molecule has 1 aromatic carbocycles. The van der Waals surface area contributed by atoms with Crippen LogP contribution in [0.4, 0.5) is 0 Å². The summed E-state index contributed by atoms with van der Waals surface area (Å²) in [5, 5.41) is 0. The largest absolute Gasteiger partial charge is 0.330 e. The second-order valence-electron chi connectivity index (χ2n) is 3.31. The first-order valence-electron chi connectivity index (χ1n) is 4.67. The first kappa shape index (κ1) is 10.0. The van der Waals surface area contributed by atoms with Crippen LogP contribution in [0.2, 0.25) is 0 Å². The number of hydrogen-bond donors (Lipinski definition) is 1. The molecule has 70 valence electrons. The van der Waals surface area contributed by atoms with Crippen LogP contribution in [0, 0.1) is 0 Å². The summed E-state index contributed by atoms with van der Waals surface area (Å²) in [6, 6.07) is 10.4. The maximum absolute atomic E-state index is 5.51. The molecule has 1 aromatic rings. The fourth-order valence-corrected chi connectivity index (χ4v) is 1.34. The zero-order valence-electron chi connectivity index (χ0n) is 8.38. The Kier molecular flexibility index (Phi) is 3.71. The Labute approximate surface area is 80.3 Å². The molecule has 0 bridgehead atoms. The summed E-state index contributed by atoms with van der Waals surface area (Å²) < 4.78 is 0. The second kappa shape index (κ2) is 4.83. The monoisotopic (exact) mass is 175 g/mol. The summed E-state index contributed by atoms with van der Waals surface area (Å²) in [4.78, 5) is 0. The van der Waals surface area contributed by atoms with E-state index in [1.165, 1.54) is 16.7 Å². The van der Waals surface area contributed by atoms with E-state index in [4.69, 9.17) is 5.73 Å². The average Bonchev–Trinajstić information content (AvgIpc) is 2.18. The third kappa shape index (κ3) is 2.71. The van der Waals surface area contributed by atoms with Gasteiger partial charge in [0.2, 0.25) is 0 Å². The van der Waals surface area contributed by atoms with E-state index in [0.717, 1.165) is 13.0 Å². The van der Waals surface area contributed by atoms with Crippen molar-refractivity contribution in [3.05, 3.63) is 41.5 Å². The lowest BCUT2D eigenvalue weighted by Crippen LogP contribution is -1.99. The zero-order valence-corrected chi connectivity index (χ0v) is 8.38. The molecule has 0 spiro atoms. The molecule has 1 heteroatoms. The number of nitrogens with two attached hydrogens (primary N) is 1. The maximum Gasteiger partial charge on any atom is -0.00398 e. The molecule has 0 aliphatic heterocycles. The highest BCUT2D eigenvalue weighted by Gasteiger charge is 1.98. The lowest BCUT2D eigenvalue weighted by molar-refractivity contribution is 0.951. The van der Waals surface area contributed by atoms with Crippen molar-refractivity contribution >= 4 is 5.57 Å². The Bertz CT molecular complexity index is 285. The molecule has 0 aromatic heterocycles. The van der Waals surface area contributed by atoms with Gasteiger partial charge in [-0.05, 0) is 37.9 Å². The van der Waals surface area contributed by atoms with Gasteiger partial charge in [0.05, 0.1) is 0 Å². The Balaban J connectivity index is 2.89. The van der Waals surface area contributed by atoms with Gasteiger partial charge in [-0.15, -0.1) is 0 Å². The summed E-state index contributed by atoms with van der Waals surface area (Å²) in [5.74, 6) is 0. The van der Waals surface area contributed by atoms with Gasteiger partial charge in [-0.3, -0.25) is 0 Å². The van der Waals surface area contributed by atoms with Gasteiger partial charge in [-0.25, -0.2) is 0 Å². The van der Waals surface area contributed by atoms with Gasteiger partial charge in [0.15, 0.2) is 0 Å². The normalized spacial score (nSPS) is 12.5. The molecule has 0 unspecified atom stereocenters. The van der Waals surface area contributed by atoms with E-state index in [1.54, 1.807) is 0 Å². The van der Waals surface area contributed by atoms with Crippen molar-refractivity contribution in [3.63, 3.8) is 0 Å². The molecule has 0 aliphatic carbocycles. The molecule has 0 amide bonds. The highest BCUT2D eigenvalue weighted by atomic mass is 14.5. The molecule has 1 nitrogen and oxygen atoms in total. The second-order valence-corrected chi connectivity index (χ2v) is 3.31. The van der Waals surface area contributed by atoms with Crippen molar-refractivity contribution in [1.29, 1.82) is 0 Å². The van der Waals surface area contributed by atoms with E-state index in [2.05, 4.69) is 38.1 Å². The zero-order chi connectivity index (χ0) is 9.68. The fourth-order valence-electron chi connectivity index (χ4n) is 1.34. The minimum absolute atomic E-state index is 0.732. The summed E-state index contributed by atoms with van der Waals surface area (Å²) in [6.45, 7) is 5.03. The van der Waals surface area contributed by atoms with Gasteiger partial charge < -0.3 is 5.73 Å². The molecule has 2 N–H and O–H groups in total. The van der Waals surface area contributed by atoms with Gasteiger partial charge >= 0.3 is 0 Å². The molecule has 0 saturated carbocycles. The van der Waals surface area contributed by atoms with Gasteiger partial charge in [-0.2, -0.15) is 0 Å². The van der Waals surface area contributed by atoms with Crippen LogP contribution in [0.15, 0.2) is 35.9 Å². The van der Waals surface area contributed by atoms with Crippen molar-refractivity contribution in [2.24, 2.45) is 5.73 Å². The number of benzene rings is 1. The molecule has 0 fully saturated rings. The van der Waals surface area contributed by atoms with Crippen molar-refractivity contribution in [1.82, 2.24) is 0 Å². The maximum atomic E-state index is 5.51. The fraction of sp³-hybridized carbons (Fsp3) is 0.333. The van der Waals surface area contributed by atoms with Crippen LogP contribution in [-0.2, 0) is 0 Å². The van der Waals surface area contributed by atoms with Crippen LogP contribution in [-0.4, -0.2) is 6.54 Å². The smallest absolute Gasteiger partial charge is 0.00398 e. The molecular formula is C12H17N. The Hall–Kier alpha value is -1.08. The predicted octanol–water partition coefficient (Wildman–Crippen LogP) is 2.83. The quantitative estimate of drug-likeness (QED) is 0.751. The van der Waals surface area contributed by atoms with E-state index in [1.807, 2.05) is 6.07 Å². The van der Waals surface area contributed by atoms with Gasteiger partial charge in [0.25, 0.3) is 0 Å². The van der Waals surface area contributed by atoms with E-state index in [9.17, 15) is 0 Å². The Morgan fingerprint density at radius 3 is 2.31 bits per heavy atom. The molecular weight excluding hydrogens is 158 g/mol. The lowest BCUT2D eigenvalue weighted by Gasteiger charge is -2.06. The van der Waals surface area contributed by atoms with Crippen LogP contribution in [0.5, 0.6) is 0 Å². The van der Waals surface area contributed by atoms with E-state index in [-0.39, 0.29) is 0 Å². The Morgan fingerprint density at radius 1 is 1.15 bits per heavy atom. The number of allylic oxidation sites excluding steroid dienone is 1. The molecule has 0 atom stereocenters. The third-order valence-corrected chi connectivity index (χ3v) is 2.37. The summed E-state index contributed by atoms with van der Waals surface area (Å²) in [5.41, 5.74) is 9.55. The Morgan fingerprint density at radius 2 is 1.77 bits per heavy atom. The van der Waals surface area contributed by atoms with Crippen LogP contribution in [0.3, 0.4) is 0 Å². The predicted molar refractivity (Wildman–Crippen MR) is 58.4 cm³/mol. The molecule has 0 radical (unpaired) electrons. The minimum Gasteiger partial charge on any atom is -0.330 e. The average molecular weight is 175 g/mol. The minimum atomic E-state index is 0.732. The van der Waals surface area contributed by atoms with E-state index >= 15 is 0 Å². The molecule has 0 aliphatic rings. The first-order valence-corrected chi connectivity index (χ1v) is 4.67. The number of rotatable bonds is 3. The SMILES string of the molecule is CC(CCN)=C(C)c1ccccc1. The molecule has 13 heavy (non-hydrogen) atoms. The first-order chi connectivity index (χ1) is 6.25. The number of hydrogen-bond acceptors (Lipinski definition) is 1. The van der Waals surface area contributed by atoms with E-state index < -0.39 is 0 Å². The highest BCUT2D eigenvalue weighted by Crippen LogP contribution is 2.18. The van der Waals surface area contributed by atoms with Crippen molar-refractivity contribution in [2.45, 2.75) is 20.3 Å². The van der Waals surface area contributed by atoms with Gasteiger partial charge in [0, 0.05) is 0 Å². The van der Waals surface area contributed by atoms with Crippen LogP contribution < -0.4 is 5.73 Å². The van der Waals surface area contributed by atoms with Crippen LogP contribution >= 0.6 is 0 Å². The summed E-state index contributed by atoms with van der Waals surface area (Å²) in [7, 11) is 0. The van der Waals surface area contributed by atoms with E-state index in [0.29, 0.717) is 0 Å². The van der Waals surface area contributed by atoms with Crippen molar-refractivity contribution in [3.8, 4) is 0 Å². The highest BCUT2D eigenvalue weighted by molar-refractivity contribution is 5.66. The standard InChI is InChI=1S/C12H17N/c1-10(8-9-13)11(2)12-6-4-3-5-7-12/h3-7H,8-9,13H2,1-2H3. The van der Waals surface area contributed by atoms with Crippen molar-refractivity contribution < 1.29 is 0 Å². The van der Waals surface area contributed by atoms with Gasteiger partial charge in [-0.1, -0.05) is 35.9 Å². The summed E-state index contributed by atoms with van der Waals surface area (Å²) in [6.07, 6.45) is 0.987. The summed E-state index contributed by atoms with van der Waals surface area (Å²) >= 11 is 0. The molecule has 0 saturated heterocycles. The lowest BCUT2D eigenvalue weighted by atomic mass is 10.0. The third-order valence-electron chi connectivity index (χ3n) is 2.37. The van der Waals surface area contributed by atoms with Crippen LogP contribution in [0.1, 0.15) is 25.8 Å². The van der Waals surface area contributed by atoms with Crippen LogP contribution in [0.25, 0.3) is 5.57 Å². The topological polar surface area (TPSA) is 26.0 Å². The molecule has 0 heterocycles. The van der Waals surface area contributed by atoms with Gasteiger partial charge in [0.1, 0.15) is 0 Å².